The van der Waals surface area contributed by atoms with Gasteiger partial charge in [-0.1, -0.05) is 34.1 Å². The standard InChI is InChI=1S/C15H12BrNO4/c16-8-2-1-3-9(6-8)17-13(19)11-10-4-5-15(7-18,21-10)12(11)14(17)20/h1-6,10-12,18H,7H2/t10-,11+,12-,15+/m1/s1. The highest BCUT2D eigenvalue weighted by Gasteiger charge is 2.67. The van der Waals surface area contributed by atoms with Crippen molar-refractivity contribution in [2.24, 2.45) is 11.8 Å². The van der Waals surface area contributed by atoms with Crippen LogP contribution in [-0.2, 0) is 14.3 Å². The van der Waals surface area contributed by atoms with E-state index in [9.17, 15) is 14.7 Å². The monoisotopic (exact) mass is 349 g/mol. The van der Waals surface area contributed by atoms with E-state index in [-0.39, 0.29) is 18.4 Å². The SMILES string of the molecule is O=C1[C@H]2[C@H]3C=C[C@@](CO)(O3)[C@H]2C(=O)N1c1cccc(Br)c1. The second kappa shape index (κ2) is 4.25. The second-order valence-electron chi connectivity index (χ2n) is 5.55. The Kier molecular flexibility index (Phi) is 2.67. The minimum Gasteiger partial charge on any atom is -0.393 e. The van der Waals surface area contributed by atoms with Crippen LogP contribution in [-0.4, -0.2) is 35.2 Å². The van der Waals surface area contributed by atoms with E-state index >= 15 is 0 Å². The zero-order chi connectivity index (χ0) is 14.8. The molecule has 108 valence electrons. The number of benzene rings is 1. The van der Waals surface area contributed by atoms with Crippen molar-refractivity contribution < 1.29 is 19.4 Å². The normalized spacial score (nSPS) is 36.7. The van der Waals surface area contributed by atoms with Gasteiger partial charge in [-0.05, 0) is 18.2 Å². The third-order valence-corrected chi connectivity index (χ3v) is 4.96. The molecule has 0 radical (unpaired) electrons. The molecular weight excluding hydrogens is 338 g/mol. The highest BCUT2D eigenvalue weighted by molar-refractivity contribution is 9.10. The van der Waals surface area contributed by atoms with E-state index in [4.69, 9.17) is 4.74 Å². The summed E-state index contributed by atoms with van der Waals surface area (Å²) in [5.74, 6) is -1.73. The van der Waals surface area contributed by atoms with Crippen LogP contribution < -0.4 is 4.90 Å². The van der Waals surface area contributed by atoms with Crippen LogP contribution in [0.15, 0.2) is 40.9 Å². The summed E-state index contributed by atoms with van der Waals surface area (Å²) in [6.45, 7) is -0.299. The number of anilines is 1. The maximum atomic E-state index is 12.7. The summed E-state index contributed by atoms with van der Waals surface area (Å²) in [5.41, 5.74) is -0.496. The van der Waals surface area contributed by atoms with Gasteiger partial charge >= 0.3 is 0 Å². The van der Waals surface area contributed by atoms with E-state index in [0.717, 1.165) is 4.47 Å². The first-order valence-electron chi connectivity index (χ1n) is 6.69. The number of amides is 2. The summed E-state index contributed by atoms with van der Waals surface area (Å²) in [4.78, 5) is 26.6. The fourth-order valence-electron chi connectivity index (χ4n) is 3.55. The molecule has 3 heterocycles. The first-order chi connectivity index (χ1) is 10.1. The Morgan fingerprint density at radius 1 is 1.33 bits per heavy atom. The third kappa shape index (κ3) is 1.58. The van der Waals surface area contributed by atoms with Gasteiger partial charge in [0.1, 0.15) is 5.60 Å². The number of carbonyl (C=O) groups excluding carboxylic acids is 2. The molecule has 3 aliphatic rings. The lowest BCUT2D eigenvalue weighted by Crippen LogP contribution is -2.43. The van der Waals surface area contributed by atoms with Gasteiger partial charge in [-0.3, -0.25) is 9.59 Å². The first-order valence-corrected chi connectivity index (χ1v) is 7.48. The number of carbonyl (C=O) groups is 2. The lowest BCUT2D eigenvalue weighted by Gasteiger charge is -2.26. The molecule has 2 saturated heterocycles. The largest absolute Gasteiger partial charge is 0.393 e. The zero-order valence-electron chi connectivity index (χ0n) is 10.9. The van der Waals surface area contributed by atoms with E-state index in [2.05, 4.69) is 15.9 Å². The number of rotatable bonds is 2. The molecule has 6 heteroatoms. The van der Waals surface area contributed by atoms with Crippen LogP contribution in [0.5, 0.6) is 0 Å². The Morgan fingerprint density at radius 3 is 2.86 bits per heavy atom. The lowest BCUT2D eigenvalue weighted by atomic mass is 9.77. The van der Waals surface area contributed by atoms with Crippen LogP contribution in [0.3, 0.4) is 0 Å². The molecular formula is C15H12BrNO4. The summed E-state index contributed by atoms with van der Waals surface area (Å²) in [6, 6.07) is 7.07. The molecule has 0 spiro atoms. The van der Waals surface area contributed by atoms with Gasteiger partial charge in [0.25, 0.3) is 0 Å². The van der Waals surface area contributed by atoms with Crippen molar-refractivity contribution in [3.05, 3.63) is 40.9 Å². The molecule has 1 aromatic carbocycles. The molecule has 0 aliphatic carbocycles. The third-order valence-electron chi connectivity index (χ3n) is 4.47. The maximum absolute atomic E-state index is 12.7. The fraction of sp³-hybridized carbons (Fsp3) is 0.333. The first kappa shape index (κ1) is 13.2. The summed E-state index contributed by atoms with van der Waals surface area (Å²) >= 11 is 3.34. The van der Waals surface area contributed by atoms with Gasteiger partial charge in [0, 0.05) is 4.47 Å². The van der Waals surface area contributed by atoms with Gasteiger partial charge in [-0.15, -0.1) is 0 Å². The van der Waals surface area contributed by atoms with Crippen molar-refractivity contribution >= 4 is 33.4 Å². The van der Waals surface area contributed by atoms with Crippen molar-refractivity contribution in [2.45, 2.75) is 11.7 Å². The molecule has 0 aromatic heterocycles. The summed E-state index contributed by atoms with van der Waals surface area (Å²) in [7, 11) is 0. The van der Waals surface area contributed by atoms with E-state index in [1.54, 1.807) is 30.4 Å². The smallest absolute Gasteiger partial charge is 0.241 e. The lowest BCUT2D eigenvalue weighted by molar-refractivity contribution is -0.128. The van der Waals surface area contributed by atoms with Crippen LogP contribution in [0, 0.1) is 11.8 Å². The average Bonchev–Trinajstić information content (AvgIpc) is 3.10. The number of aliphatic hydroxyl groups is 1. The number of nitrogens with zero attached hydrogens (tertiary/aromatic N) is 1. The number of halogens is 1. The minimum atomic E-state index is -1.04. The van der Waals surface area contributed by atoms with Gasteiger partial charge in [0.2, 0.25) is 11.8 Å². The Bertz CT molecular complexity index is 688. The molecule has 2 bridgehead atoms. The molecule has 2 fully saturated rings. The van der Waals surface area contributed by atoms with E-state index < -0.39 is 23.5 Å². The second-order valence-corrected chi connectivity index (χ2v) is 6.47. The molecule has 1 aromatic rings. The van der Waals surface area contributed by atoms with Gasteiger partial charge in [-0.2, -0.15) is 0 Å². The van der Waals surface area contributed by atoms with Crippen molar-refractivity contribution in [3.63, 3.8) is 0 Å². The summed E-state index contributed by atoms with van der Waals surface area (Å²) < 4.78 is 6.48. The van der Waals surface area contributed by atoms with Crippen LogP contribution in [0.4, 0.5) is 5.69 Å². The Hall–Kier alpha value is -1.50. The number of hydrogen-bond donors (Lipinski definition) is 1. The average molecular weight is 350 g/mol. The Labute approximate surface area is 129 Å². The molecule has 0 unspecified atom stereocenters. The number of imide groups is 1. The van der Waals surface area contributed by atoms with Gasteiger partial charge in [-0.25, -0.2) is 4.90 Å². The Balaban J connectivity index is 1.79. The molecule has 1 N–H and O–H groups in total. The number of hydrogen-bond acceptors (Lipinski definition) is 4. The molecule has 4 atom stereocenters. The topological polar surface area (TPSA) is 66.8 Å². The van der Waals surface area contributed by atoms with E-state index in [1.165, 1.54) is 4.90 Å². The van der Waals surface area contributed by atoms with Crippen LogP contribution in [0.25, 0.3) is 0 Å². The van der Waals surface area contributed by atoms with Crippen molar-refractivity contribution in [1.82, 2.24) is 0 Å². The summed E-state index contributed by atoms with van der Waals surface area (Å²) in [5, 5.41) is 9.63. The van der Waals surface area contributed by atoms with Gasteiger partial charge in [0.15, 0.2) is 0 Å². The van der Waals surface area contributed by atoms with Crippen LogP contribution in [0.1, 0.15) is 0 Å². The number of aliphatic hydroxyl groups excluding tert-OH is 1. The highest BCUT2D eigenvalue weighted by atomic mass is 79.9. The minimum absolute atomic E-state index is 0.257. The predicted octanol–water partition coefficient (Wildman–Crippen LogP) is 1.25. The molecule has 0 saturated carbocycles. The number of fused-ring (bicyclic) bond motifs is 5. The van der Waals surface area contributed by atoms with Crippen LogP contribution in [0.2, 0.25) is 0 Å². The molecule has 4 rings (SSSR count). The van der Waals surface area contributed by atoms with Gasteiger partial charge in [0.05, 0.1) is 30.2 Å². The maximum Gasteiger partial charge on any atom is 0.241 e. The predicted molar refractivity (Wildman–Crippen MR) is 77.4 cm³/mol. The summed E-state index contributed by atoms with van der Waals surface area (Å²) in [6.07, 6.45) is 3.07. The van der Waals surface area contributed by atoms with Crippen molar-refractivity contribution in [1.29, 1.82) is 0 Å². The number of ether oxygens (including phenoxy) is 1. The van der Waals surface area contributed by atoms with E-state index in [1.807, 2.05) is 6.07 Å². The quantitative estimate of drug-likeness (QED) is 0.644. The molecule has 21 heavy (non-hydrogen) atoms. The van der Waals surface area contributed by atoms with E-state index in [0.29, 0.717) is 5.69 Å². The van der Waals surface area contributed by atoms with Crippen molar-refractivity contribution in [2.75, 3.05) is 11.5 Å². The fourth-order valence-corrected chi connectivity index (χ4v) is 3.94. The highest BCUT2D eigenvalue weighted by Crippen LogP contribution is 2.52. The van der Waals surface area contributed by atoms with Gasteiger partial charge < -0.3 is 9.84 Å². The molecule has 2 amide bonds. The Morgan fingerprint density at radius 2 is 2.14 bits per heavy atom. The van der Waals surface area contributed by atoms with Crippen LogP contribution >= 0.6 is 15.9 Å². The molecule has 3 aliphatic heterocycles. The zero-order valence-corrected chi connectivity index (χ0v) is 12.5. The molecule has 5 nitrogen and oxygen atoms in total. The van der Waals surface area contributed by atoms with Crippen molar-refractivity contribution in [3.8, 4) is 0 Å².